The van der Waals surface area contributed by atoms with E-state index in [1.165, 1.54) is 13.4 Å². The van der Waals surface area contributed by atoms with Crippen LogP contribution in [-0.2, 0) is 16.1 Å². The van der Waals surface area contributed by atoms with Crippen molar-refractivity contribution in [2.75, 3.05) is 32.5 Å². The van der Waals surface area contributed by atoms with Crippen LogP contribution in [0.25, 0.3) is 22.2 Å². The first kappa shape index (κ1) is 21.9. The van der Waals surface area contributed by atoms with Crippen LogP contribution in [0.15, 0.2) is 67.1 Å². The summed E-state index contributed by atoms with van der Waals surface area (Å²) in [6.45, 7) is 2.34. The lowest BCUT2D eigenvalue weighted by molar-refractivity contribution is -0.141. The third-order valence-electron chi connectivity index (χ3n) is 6.25. The predicted octanol–water partition coefficient (Wildman–Crippen LogP) is 3.68. The first-order valence-electron chi connectivity index (χ1n) is 11.3. The third kappa shape index (κ3) is 4.45. The van der Waals surface area contributed by atoms with E-state index in [-0.39, 0.29) is 18.6 Å². The average molecular weight is 458 g/mol. The van der Waals surface area contributed by atoms with Crippen LogP contribution in [-0.4, -0.2) is 52.1 Å². The molecule has 8 nitrogen and oxygen atoms in total. The number of hydrogen-bond donors (Lipinski definition) is 1. The van der Waals surface area contributed by atoms with Gasteiger partial charge < -0.3 is 19.8 Å². The van der Waals surface area contributed by atoms with Gasteiger partial charge in [0.2, 0.25) is 0 Å². The standard InChI is InChI=1S/C26H27N5O3/c1-33-23(32)15-30-11-10-20(13-30)31-14-22(24-25(27)28-17-29-26(24)31)19-8-5-9-21(12-19)34-16-18-6-3-2-4-7-18/h2-9,12,14,17,20H,10-11,13,15-16H2,1H3,(H2,27,28,29). The van der Waals surface area contributed by atoms with Gasteiger partial charge >= 0.3 is 5.97 Å². The molecule has 0 bridgehead atoms. The first-order valence-corrected chi connectivity index (χ1v) is 11.3. The maximum absolute atomic E-state index is 11.7. The lowest BCUT2D eigenvalue weighted by Gasteiger charge is -2.16. The second-order valence-electron chi connectivity index (χ2n) is 8.46. The molecule has 5 rings (SSSR count). The molecule has 1 aliphatic heterocycles. The fourth-order valence-corrected chi connectivity index (χ4v) is 4.53. The van der Waals surface area contributed by atoms with Gasteiger partial charge in [0.05, 0.1) is 19.0 Å². The molecule has 1 atom stereocenters. The molecule has 4 aromatic rings. The molecule has 1 unspecified atom stereocenters. The van der Waals surface area contributed by atoms with Crippen LogP contribution >= 0.6 is 0 Å². The second kappa shape index (κ2) is 9.52. The van der Waals surface area contributed by atoms with Crippen LogP contribution in [0.1, 0.15) is 18.0 Å². The van der Waals surface area contributed by atoms with Crippen LogP contribution in [0.3, 0.4) is 0 Å². The van der Waals surface area contributed by atoms with Gasteiger partial charge in [0.1, 0.15) is 30.1 Å². The van der Waals surface area contributed by atoms with Gasteiger partial charge in [-0.2, -0.15) is 0 Å². The molecule has 0 saturated carbocycles. The number of carbonyl (C=O) groups is 1. The van der Waals surface area contributed by atoms with Crippen LogP contribution < -0.4 is 10.5 Å². The van der Waals surface area contributed by atoms with Crippen molar-refractivity contribution >= 4 is 22.8 Å². The maximum Gasteiger partial charge on any atom is 0.319 e. The minimum atomic E-state index is -0.224. The van der Waals surface area contributed by atoms with E-state index in [1.54, 1.807) is 0 Å². The fraction of sp³-hybridized carbons (Fsp3) is 0.269. The van der Waals surface area contributed by atoms with E-state index in [0.29, 0.717) is 12.4 Å². The summed E-state index contributed by atoms with van der Waals surface area (Å²) in [5, 5.41) is 0.828. The molecule has 0 aliphatic carbocycles. The molecule has 174 valence electrons. The van der Waals surface area contributed by atoms with Crippen LogP contribution in [0.5, 0.6) is 5.75 Å². The third-order valence-corrected chi connectivity index (χ3v) is 6.25. The highest BCUT2D eigenvalue weighted by Gasteiger charge is 2.28. The molecule has 2 N–H and O–H groups in total. The van der Waals surface area contributed by atoms with Crippen molar-refractivity contribution in [3.63, 3.8) is 0 Å². The fourth-order valence-electron chi connectivity index (χ4n) is 4.53. The first-order chi connectivity index (χ1) is 16.6. The number of hydrogen-bond acceptors (Lipinski definition) is 7. The van der Waals surface area contributed by atoms with Gasteiger partial charge in [-0.15, -0.1) is 0 Å². The van der Waals surface area contributed by atoms with Gasteiger partial charge in [-0.1, -0.05) is 42.5 Å². The summed E-state index contributed by atoms with van der Waals surface area (Å²) in [5.41, 5.74) is 10.2. The highest BCUT2D eigenvalue weighted by molar-refractivity contribution is 6.00. The summed E-state index contributed by atoms with van der Waals surface area (Å²) in [4.78, 5) is 22.6. The number of fused-ring (bicyclic) bond motifs is 1. The number of nitrogens with two attached hydrogens (primary N) is 1. The maximum atomic E-state index is 11.7. The number of ether oxygens (including phenoxy) is 2. The Kier molecular flexibility index (Phi) is 6.14. The van der Waals surface area contributed by atoms with E-state index >= 15 is 0 Å². The quantitative estimate of drug-likeness (QED) is 0.423. The molecule has 2 aromatic carbocycles. The Morgan fingerprint density at radius 1 is 1.15 bits per heavy atom. The van der Waals surface area contributed by atoms with Crippen molar-refractivity contribution in [2.24, 2.45) is 0 Å². The molecule has 0 amide bonds. The number of nitrogens with zero attached hydrogens (tertiary/aromatic N) is 4. The highest BCUT2D eigenvalue weighted by atomic mass is 16.5. The van der Waals surface area contributed by atoms with Gasteiger partial charge in [-0.3, -0.25) is 9.69 Å². The van der Waals surface area contributed by atoms with E-state index in [1.807, 2.05) is 54.6 Å². The van der Waals surface area contributed by atoms with E-state index < -0.39 is 0 Å². The van der Waals surface area contributed by atoms with Gasteiger partial charge in [0.25, 0.3) is 0 Å². The zero-order valence-corrected chi connectivity index (χ0v) is 19.1. The molecule has 34 heavy (non-hydrogen) atoms. The lowest BCUT2D eigenvalue weighted by Crippen LogP contribution is -2.28. The van der Waals surface area contributed by atoms with E-state index in [2.05, 4.69) is 25.6 Å². The van der Waals surface area contributed by atoms with Crippen molar-refractivity contribution in [1.82, 2.24) is 19.4 Å². The Morgan fingerprint density at radius 2 is 2.00 bits per heavy atom. The number of nitrogen functional groups attached to an aromatic ring is 1. The minimum absolute atomic E-state index is 0.174. The Labute approximate surface area is 197 Å². The van der Waals surface area contributed by atoms with Crippen molar-refractivity contribution in [3.05, 3.63) is 72.7 Å². The molecular weight excluding hydrogens is 430 g/mol. The SMILES string of the molecule is COC(=O)CN1CCC(n2cc(-c3cccc(OCc4ccccc4)c3)c3c(N)ncnc32)C1. The van der Waals surface area contributed by atoms with Crippen LogP contribution in [0.4, 0.5) is 5.82 Å². The molecule has 1 fully saturated rings. The van der Waals surface area contributed by atoms with E-state index in [0.717, 1.165) is 53.0 Å². The number of likely N-dealkylation sites (tertiary alicyclic amines) is 1. The zero-order valence-electron chi connectivity index (χ0n) is 19.1. The smallest absolute Gasteiger partial charge is 0.319 e. The van der Waals surface area contributed by atoms with Crippen molar-refractivity contribution in [1.29, 1.82) is 0 Å². The van der Waals surface area contributed by atoms with E-state index in [9.17, 15) is 4.79 Å². The number of rotatable bonds is 7. The van der Waals surface area contributed by atoms with Crippen LogP contribution in [0.2, 0.25) is 0 Å². The predicted molar refractivity (Wildman–Crippen MR) is 130 cm³/mol. The number of methoxy groups -OCH3 is 1. The number of benzene rings is 2. The topological polar surface area (TPSA) is 95.5 Å². The summed E-state index contributed by atoms with van der Waals surface area (Å²) in [5.74, 6) is 0.999. The molecule has 1 aliphatic rings. The molecule has 8 heteroatoms. The van der Waals surface area contributed by atoms with Crippen molar-refractivity contribution < 1.29 is 14.3 Å². The zero-order chi connectivity index (χ0) is 23.5. The summed E-state index contributed by atoms with van der Waals surface area (Å²) in [6.07, 6.45) is 4.50. The van der Waals surface area contributed by atoms with Gasteiger partial charge in [0.15, 0.2) is 0 Å². The normalized spacial score (nSPS) is 16.1. The molecule has 1 saturated heterocycles. The molecular formula is C26H27N5O3. The Hall–Kier alpha value is -3.91. The number of esters is 1. The van der Waals surface area contributed by atoms with Crippen LogP contribution in [0, 0.1) is 0 Å². The van der Waals surface area contributed by atoms with E-state index in [4.69, 9.17) is 15.2 Å². The Bertz CT molecular complexity index is 1300. The number of anilines is 1. The van der Waals surface area contributed by atoms with Crippen molar-refractivity contribution in [3.8, 4) is 16.9 Å². The summed E-state index contributed by atoms with van der Waals surface area (Å²) in [6, 6.07) is 18.2. The summed E-state index contributed by atoms with van der Waals surface area (Å²) < 4.78 is 13.0. The average Bonchev–Trinajstić information content (AvgIpc) is 3.49. The Balaban J connectivity index is 1.45. The molecule has 0 radical (unpaired) electrons. The van der Waals surface area contributed by atoms with Gasteiger partial charge in [-0.05, 0) is 29.7 Å². The lowest BCUT2D eigenvalue weighted by atomic mass is 10.1. The molecule has 2 aromatic heterocycles. The monoisotopic (exact) mass is 457 g/mol. The summed E-state index contributed by atoms with van der Waals surface area (Å²) in [7, 11) is 1.42. The molecule has 3 heterocycles. The minimum Gasteiger partial charge on any atom is -0.489 e. The number of carbonyl (C=O) groups excluding carboxylic acids is 1. The number of aromatic nitrogens is 3. The van der Waals surface area contributed by atoms with Crippen molar-refractivity contribution in [2.45, 2.75) is 19.1 Å². The van der Waals surface area contributed by atoms with Gasteiger partial charge in [-0.25, -0.2) is 9.97 Å². The Morgan fingerprint density at radius 3 is 2.82 bits per heavy atom. The molecule has 0 spiro atoms. The largest absolute Gasteiger partial charge is 0.489 e. The highest BCUT2D eigenvalue weighted by Crippen LogP contribution is 2.37. The summed E-state index contributed by atoms with van der Waals surface area (Å²) >= 11 is 0. The van der Waals surface area contributed by atoms with Gasteiger partial charge in [0, 0.05) is 30.9 Å². The second-order valence-corrected chi connectivity index (χ2v) is 8.46.